The summed E-state index contributed by atoms with van der Waals surface area (Å²) in [4.78, 5) is 5.14. The van der Waals surface area contributed by atoms with Gasteiger partial charge in [0.25, 0.3) is 0 Å². The number of rotatable bonds is 4. The molecule has 4 heteroatoms. The number of benzene rings is 8. The van der Waals surface area contributed by atoms with Crippen molar-refractivity contribution >= 4 is 68.1 Å². The van der Waals surface area contributed by atoms with Gasteiger partial charge in [-0.2, -0.15) is 0 Å². The van der Waals surface area contributed by atoms with Gasteiger partial charge in [-0.1, -0.05) is 170 Å². The minimum Gasteiger partial charge on any atom is -0.440 e. The van der Waals surface area contributed by atoms with Crippen molar-refractivity contribution in [1.29, 1.82) is 0 Å². The molecular weight excluding hydrogens is 775 g/mol. The highest BCUT2D eigenvalue weighted by Gasteiger charge is 2.49. The normalized spacial score (nSPS) is 15.8. The second-order valence-electron chi connectivity index (χ2n) is 20.8. The average Bonchev–Trinajstić information content (AvgIpc) is 3.69. The van der Waals surface area contributed by atoms with Gasteiger partial charge in [-0.25, -0.2) is 0 Å². The first-order chi connectivity index (χ1) is 30.9. The Labute approximate surface area is 378 Å². The van der Waals surface area contributed by atoms with E-state index in [0.717, 1.165) is 34.6 Å². The molecule has 0 unspecified atom stereocenters. The van der Waals surface area contributed by atoms with E-state index in [-0.39, 0.29) is 23.1 Å². The number of fused-ring (bicyclic) bond motifs is 9. The van der Waals surface area contributed by atoms with Gasteiger partial charge in [0.15, 0.2) is 0 Å². The monoisotopic (exact) mass is 828 g/mol. The van der Waals surface area contributed by atoms with E-state index in [1.54, 1.807) is 0 Å². The zero-order valence-electron chi connectivity index (χ0n) is 38.0. The maximum absolute atomic E-state index is 7.31. The molecule has 0 fully saturated rings. The molecule has 0 saturated heterocycles. The van der Waals surface area contributed by atoms with Crippen LogP contribution < -0.4 is 20.6 Å². The quantitative estimate of drug-likeness (QED) is 0.165. The zero-order valence-corrected chi connectivity index (χ0v) is 38.0. The molecule has 0 atom stereocenters. The Hall–Kier alpha value is -6.78. The van der Waals surface area contributed by atoms with Crippen LogP contribution in [0.3, 0.4) is 0 Å². The van der Waals surface area contributed by atoms with Crippen LogP contribution in [0.4, 0.5) is 28.6 Å². The largest absolute Gasteiger partial charge is 0.440 e. The molecule has 0 N–H and O–H groups in total. The predicted octanol–water partition coefficient (Wildman–Crippen LogP) is 15.3. The first kappa shape index (κ1) is 38.9. The lowest BCUT2D eigenvalue weighted by molar-refractivity contribution is 0.332. The van der Waals surface area contributed by atoms with E-state index >= 15 is 0 Å². The first-order valence-electron chi connectivity index (χ1n) is 23.1. The van der Waals surface area contributed by atoms with Crippen molar-refractivity contribution in [1.82, 2.24) is 0 Å². The summed E-state index contributed by atoms with van der Waals surface area (Å²) in [5.41, 5.74) is 19.7. The van der Waals surface area contributed by atoms with Crippen LogP contribution in [0, 0.1) is 0 Å². The zero-order chi connectivity index (χ0) is 43.7. The van der Waals surface area contributed by atoms with Crippen LogP contribution in [-0.2, 0) is 16.2 Å². The maximum atomic E-state index is 7.31. The Balaban J connectivity index is 1.23. The summed E-state index contributed by atoms with van der Waals surface area (Å²) in [6.07, 6.45) is 2.33. The fourth-order valence-electron chi connectivity index (χ4n) is 11.3. The van der Waals surface area contributed by atoms with Crippen molar-refractivity contribution < 1.29 is 4.42 Å². The standard InChI is InChI=1S/C60H53BN2O/c1-58(2,3)42-27-31-50(46(36-42)39-20-12-9-13-21-39)62-52-35-41-22-14-15-23-44(41)54-47-34-40(38-18-10-8-11-19-38)26-30-51(47)63(43-28-29-48-49(37-43)60(6,7)33-32-59(48,4)5)61(56(52)54)55-45-24-16-17-25-53(45)64-57(55)62/h8-31,34-37H,32-33H2,1-7H3. The summed E-state index contributed by atoms with van der Waals surface area (Å²) in [5.74, 6) is 0.870. The number of hydrogen-bond acceptors (Lipinski definition) is 3. The molecule has 3 nitrogen and oxygen atoms in total. The SMILES string of the molecule is CC(C)(C)c1ccc(N2c3cc4ccccc4c4c3B(c3c2oc2ccccc32)N(c2ccc3c(c2)C(C)(C)CCC3(C)C)c2ccc(-c3ccccc3)cc2-4)c(-c2ccccc2)c1. The summed E-state index contributed by atoms with van der Waals surface area (Å²) < 4.78 is 7.31. The third-order valence-electron chi connectivity index (χ3n) is 14.9. The Kier molecular flexibility index (Phi) is 8.42. The van der Waals surface area contributed by atoms with E-state index in [4.69, 9.17) is 4.42 Å². The lowest BCUT2D eigenvalue weighted by Gasteiger charge is -2.46. The number of furan rings is 1. The van der Waals surface area contributed by atoms with Gasteiger partial charge >= 0.3 is 6.85 Å². The molecule has 9 aromatic rings. The van der Waals surface area contributed by atoms with Gasteiger partial charge in [0.05, 0.1) is 5.69 Å². The van der Waals surface area contributed by atoms with Crippen LogP contribution in [0.5, 0.6) is 0 Å². The Morgan fingerprint density at radius 3 is 1.92 bits per heavy atom. The molecule has 312 valence electrons. The molecule has 0 radical (unpaired) electrons. The Morgan fingerprint density at radius 1 is 0.516 bits per heavy atom. The first-order valence-corrected chi connectivity index (χ1v) is 23.1. The van der Waals surface area contributed by atoms with Crippen molar-refractivity contribution in [2.45, 2.75) is 77.6 Å². The minimum atomic E-state index is -0.189. The third-order valence-corrected chi connectivity index (χ3v) is 14.9. The van der Waals surface area contributed by atoms with Gasteiger partial charge < -0.3 is 9.23 Å². The van der Waals surface area contributed by atoms with E-state index < -0.39 is 0 Å². The molecule has 0 spiro atoms. The molecule has 12 rings (SSSR count). The Morgan fingerprint density at radius 2 is 1.17 bits per heavy atom. The second-order valence-corrected chi connectivity index (χ2v) is 20.8. The van der Waals surface area contributed by atoms with Crippen molar-refractivity contribution in [3.8, 4) is 33.4 Å². The number of nitrogens with zero attached hydrogens (tertiary/aromatic N) is 2. The summed E-state index contributed by atoms with van der Waals surface area (Å²) in [6.45, 7) is 16.5. The highest BCUT2D eigenvalue weighted by Crippen LogP contribution is 2.54. The van der Waals surface area contributed by atoms with Crippen molar-refractivity contribution in [2.24, 2.45) is 0 Å². The van der Waals surface area contributed by atoms with Crippen molar-refractivity contribution in [3.05, 3.63) is 187 Å². The highest BCUT2D eigenvalue weighted by molar-refractivity contribution is 6.95. The van der Waals surface area contributed by atoms with Crippen LogP contribution in [0.25, 0.3) is 55.1 Å². The fourth-order valence-corrected chi connectivity index (χ4v) is 11.3. The number of hydrogen-bond donors (Lipinski definition) is 0. The summed E-state index contributed by atoms with van der Waals surface area (Å²) >= 11 is 0. The van der Waals surface area contributed by atoms with Crippen LogP contribution in [0.1, 0.15) is 78.0 Å². The molecule has 3 aliphatic rings. The van der Waals surface area contributed by atoms with Gasteiger partial charge in [-0.3, -0.25) is 4.90 Å². The molecular formula is C60H53BN2O. The van der Waals surface area contributed by atoms with Crippen LogP contribution in [0.15, 0.2) is 174 Å². The molecule has 8 aromatic carbocycles. The number of anilines is 5. The lowest BCUT2D eigenvalue weighted by Crippen LogP contribution is -2.61. The van der Waals surface area contributed by atoms with Crippen molar-refractivity contribution in [2.75, 3.05) is 9.71 Å². The summed E-state index contributed by atoms with van der Waals surface area (Å²) in [6, 6.07) is 63.6. The van der Waals surface area contributed by atoms with Gasteiger partial charge in [-0.15, -0.1) is 0 Å². The molecule has 0 bridgehead atoms. The van der Waals surface area contributed by atoms with E-state index in [1.165, 1.54) is 89.6 Å². The second kappa shape index (κ2) is 13.9. The van der Waals surface area contributed by atoms with Crippen molar-refractivity contribution in [3.63, 3.8) is 0 Å². The van der Waals surface area contributed by atoms with E-state index in [1.807, 2.05) is 0 Å². The lowest BCUT2D eigenvalue weighted by atomic mass is 9.43. The molecule has 3 heterocycles. The van der Waals surface area contributed by atoms with Crippen LogP contribution >= 0.6 is 0 Å². The molecule has 64 heavy (non-hydrogen) atoms. The summed E-state index contributed by atoms with van der Waals surface area (Å²) in [5, 5.41) is 3.60. The number of para-hydroxylation sites is 1. The molecule has 0 amide bonds. The molecule has 2 aliphatic heterocycles. The fraction of sp³-hybridized carbons (Fsp3) is 0.200. The van der Waals surface area contributed by atoms with Crippen LogP contribution in [0.2, 0.25) is 0 Å². The average molecular weight is 829 g/mol. The Bertz CT molecular complexity index is 3340. The third kappa shape index (κ3) is 5.81. The van der Waals surface area contributed by atoms with Crippen LogP contribution in [-0.4, -0.2) is 6.85 Å². The predicted molar refractivity (Wildman–Crippen MR) is 272 cm³/mol. The van der Waals surface area contributed by atoms with Gasteiger partial charge in [0.1, 0.15) is 5.58 Å². The minimum absolute atomic E-state index is 0.0407. The molecule has 1 aromatic heterocycles. The summed E-state index contributed by atoms with van der Waals surface area (Å²) in [7, 11) is 0. The van der Waals surface area contributed by atoms with E-state index in [0.29, 0.717) is 0 Å². The topological polar surface area (TPSA) is 19.6 Å². The van der Waals surface area contributed by atoms with E-state index in [2.05, 4.69) is 228 Å². The van der Waals surface area contributed by atoms with Gasteiger partial charge in [-0.05, 0) is 133 Å². The van der Waals surface area contributed by atoms with Gasteiger partial charge in [0.2, 0.25) is 5.88 Å². The smallest absolute Gasteiger partial charge is 0.337 e. The molecule has 1 aliphatic carbocycles. The maximum Gasteiger partial charge on any atom is 0.337 e. The highest BCUT2D eigenvalue weighted by atomic mass is 16.4. The molecule has 0 saturated carbocycles. The van der Waals surface area contributed by atoms with Gasteiger partial charge in [0, 0.05) is 39.0 Å². The van der Waals surface area contributed by atoms with E-state index in [9.17, 15) is 0 Å².